The van der Waals surface area contributed by atoms with Crippen molar-refractivity contribution >= 4 is 31.5 Å². The Morgan fingerprint density at radius 3 is 1.90 bits per heavy atom. The van der Waals surface area contributed by atoms with Gasteiger partial charge >= 0.3 is 0 Å². The topological polar surface area (TPSA) is 109 Å². The highest BCUT2D eigenvalue weighted by molar-refractivity contribution is 7.92. The first kappa shape index (κ1) is 22.5. The maximum absolute atomic E-state index is 12.4. The van der Waals surface area contributed by atoms with E-state index in [9.17, 15) is 21.6 Å². The number of benzene rings is 3. The molecule has 0 aliphatic heterocycles. The van der Waals surface area contributed by atoms with Crippen molar-refractivity contribution in [2.24, 2.45) is 0 Å². The molecule has 0 radical (unpaired) electrons. The molecule has 0 aliphatic carbocycles. The smallest absolute Gasteiger partial charge is 0.261 e. The third kappa shape index (κ3) is 6.16. The second kappa shape index (κ2) is 9.76. The van der Waals surface area contributed by atoms with Crippen molar-refractivity contribution < 1.29 is 21.6 Å². The Morgan fingerprint density at radius 2 is 1.29 bits per heavy atom. The molecule has 9 heteroatoms. The van der Waals surface area contributed by atoms with Crippen molar-refractivity contribution in [3.8, 4) is 0 Å². The monoisotopic (exact) mass is 458 g/mol. The zero-order chi connectivity index (χ0) is 22.3. The molecule has 3 aromatic carbocycles. The highest BCUT2D eigenvalue weighted by Crippen LogP contribution is 2.16. The second-order valence-corrected chi connectivity index (χ2v) is 10.5. The van der Waals surface area contributed by atoms with Crippen LogP contribution in [0.1, 0.15) is 16.8 Å². The number of carbonyl (C=O) groups is 1. The number of rotatable bonds is 9. The number of nitrogens with one attached hydrogen (secondary N) is 2. The summed E-state index contributed by atoms with van der Waals surface area (Å²) < 4.78 is 51.8. The van der Waals surface area contributed by atoms with E-state index in [-0.39, 0.29) is 34.1 Å². The van der Waals surface area contributed by atoms with Crippen LogP contribution in [-0.2, 0) is 19.9 Å². The predicted octanol–water partition coefficient (Wildman–Crippen LogP) is 3.08. The summed E-state index contributed by atoms with van der Waals surface area (Å²) in [6.07, 6.45) is 0.260. The van der Waals surface area contributed by atoms with Crippen LogP contribution < -0.4 is 10.0 Å². The number of para-hydroxylation sites is 1. The molecule has 2 N–H and O–H groups in total. The van der Waals surface area contributed by atoms with Crippen LogP contribution in [0.3, 0.4) is 0 Å². The molecule has 0 heterocycles. The molecule has 0 unspecified atom stereocenters. The minimum absolute atomic E-state index is 0.0295. The lowest BCUT2D eigenvalue weighted by Crippen LogP contribution is -2.26. The van der Waals surface area contributed by atoms with Gasteiger partial charge in [-0.3, -0.25) is 9.52 Å². The third-order valence-electron chi connectivity index (χ3n) is 4.43. The average Bonchev–Trinajstić information content (AvgIpc) is 2.78. The molecule has 0 fully saturated rings. The van der Waals surface area contributed by atoms with Crippen molar-refractivity contribution in [3.05, 3.63) is 90.5 Å². The first-order valence-corrected chi connectivity index (χ1v) is 12.7. The molecule has 7 nitrogen and oxygen atoms in total. The summed E-state index contributed by atoms with van der Waals surface area (Å²) in [5.41, 5.74) is 0.722. The zero-order valence-corrected chi connectivity index (χ0v) is 18.2. The first-order chi connectivity index (χ1) is 14.8. The molecule has 162 valence electrons. The summed E-state index contributed by atoms with van der Waals surface area (Å²) in [5, 5.41) is 2.65. The maximum atomic E-state index is 12.4. The number of amides is 1. The van der Waals surface area contributed by atoms with Crippen LogP contribution in [0.25, 0.3) is 0 Å². The van der Waals surface area contributed by atoms with E-state index < -0.39 is 25.8 Å². The summed E-state index contributed by atoms with van der Waals surface area (Å²) in [6.45, 7) is 0.181. The van der Waals surface area contributed by atoms with Gasteiger partial charge in [-0.05, 0) is 55.0 Å². The number of sulfone groups is 1. The molecule has 0 bridgehead atoms. The van der Waals surface area contributed by atoms with Gasteiger partial charge in [-0.1, -0.05) is 36.4 Å². The molecule has 3 rings (SSSR count). The largest absolute Gasteiger partial charge is 0.352 e. The van der Waals surface area contributed by atoms with Crippen LogP contribution in [0.2, 0.25) is 0 Å². The fourth-order valence-electron chi connectivity index (χ4n) is 2.82. The number of sulfonamides is 1. The minimum atomic E-state index is -3.77. The van der Waals surface area contributed by atoms with Gasteiger partial charge < -0.3 is 5.32 Å². The van der Waals surface area contributed by atoms with E-state index in [4.69, 9.17) is 0 Å². The molecule has 0 saturated heterocycles. The zero-order valence-electron chi connectivity index (χ0n) is 16.6. The lowest BCUT2D eigenvalue weighted by Gasteiger charge is -2.09. The fourth-order valence-corrected chi connectivity index (χ4v) is 5.21. The molecule has 0 saturated carbocycles. The van der Waals surface area contributed by atoms with Crippen LogP contribution in [0.4, 0.5) is 5.69 Å². The number of anilines is 1. The summed E-state index contributed by atoms with van der Waals surface area (Å²) >= 11 is 0. The van der Waals surface area contributed by atoms with Crippen molar-refractivity contribution in [1.82, 2.24) is 5.32 Å². The minimum Gasteiger partial charge on any atom is -0.352 e. The van der Waals surface area contributed by atoms with Gasteiger partial charge in [-0.25, -0.2) is 16.8 Å². The van der Waals surface area contributed by atoms with E-state index >= 15 is 0 Å². The van der Waals surface area contributed by atoms with Crippen molar-refractivity contribution in [3.63, 3.8) is 0 Å². The Balaban J connectivity index is 1.53. The van der Waals surface area contributed by atoms with E-state index in [0.29, 0.717) is 5.69 Å². The second-order valence-electron chi connectivity index (χ2n) is 6.74. The van der Waals surface area contributed by atoms with Crippen LogP contribution in [0.5, 0.6) is 0 Å². The molecule has 1 amide bonds. The van der Waals surface area contributed by atoms with Crippen molar-refractivity contribution in [2.45, 2.75) is 16.2 Å². The average molecular weight is 459 g/mol. The number of carbonyl (C=O) groups excluding carboxylic acids is 1. The third-order valence-corrected chi connectivity index (χ3v) is 7.64. The maximum Gasteiger partial charge on any atom is 0.261 e. The quantitative estimate of drug-likeness (QED) is 0.479. The van der Waals surface area contributed by atoms with Gasteiger partial charge in [0.05, 0.1) is 15.5 Å². The summed E-state index contributed by atoms with van der Waals surface area (Å²) in [6, 6.07) is 22.1. The van der Waals surface area contributed by atoms with Gasteiger partial charge in [0, 0.05) is 17.8 Å². The van der Waals surface area contributed by atoms with Crippen LogP contribution in [-0.4, -0.2) is 35.0 Å². The standard InChI is InChI=1S/C22H22N2O5S2/c25-22(23-16-7-17-30(26,27)20-10-5-2-6-11-20)18-12-14-21(15-13-18)31(28,29)24-19-8-3-1-4-9-19/h1-6,8-15,24H,7,16-17H2,(H,23,25). The molecular weight excluding hydrogens is 436 g/mol. The van der Waals surface area contributed by atoms with Crippen LogP contribution >= 0.6 is 0 Å². The summed E-state index contributed by atoms with van der Waals surface area (Å²) in [5.74, 6) is -0.489. The highest BCUT2D eigenvalue weighted by Gasteiger charge is 2.16. The molecule has 0 aliphatic rings. The number of hydrogen-bond donors (Lipinski definition) is 2. The summed E-state index contributed by atoms with van der Waals surface area (Å²) in [7, 11) is -7.16. The van der Waals surface area contributed by atoms with Crippen LogP contribution in [0, 0.1) is 0 Å². The fraction of sp³-hybridized carbons (Fsp3) is 0.136. The predicted molar refractivity (Wildman–Crippen MR) is 119 cm³/mol. The Bertz CT molecular complexity index is 1230. The Hall–Kier alpha value is -3.17. The van der Waals surface area contributed by atoms with Crippen molar-refractivity contribution in [2.75, 3.05) is 17.0 Å². The van der Waals surface area contributed by atoms with Crippen molar-refractivity contribution in [1.29, 1.82) is 0 Å². The van der Waals surface area contributed by atoms with Crippen LogP contribution in [0.15, 0.2) is 94.7 Å². The molecule has 0 spiro atoms. The highest BCUT2D eigenvalue weighted by atomic mass is 32.2. The Labute approximate surface area is 182 Å². The van der Waals surface area contributed by atoms with E-state index in [1.807, 2.05) is 0 Å². The van der Waals surface area contributed by atoms with Gasteiger partial charge in [0.25, 0.3) is 15.9 Å². The van der Waals surface area contributed by atoms with Gasteiger partial charge in [0.1, 0.15) is 0 Å². The molecule has 31 heavy (non-hydrogen) atoms. The van der Waals surface area contributed by atoms with E-state index in [1.165, 1.54) is 36.4 Å². The Morgan fingerprint density at radius 1 is 0.710 bits per heavy atom. The molecule has 3 aromatic rings. The van der Waals surface area contributed by atoms with E-state index in [1.54, 1.807) is 48.5 Å². The van der Waals surface area contributed by atoms with Gasteiger partial charge in [0.2, 0.25) is 0 Å². The van der Waals surface area contributed by atoms with Gasteiger partial charge in [-0.2, -0.15) is 0 Å². The molecular formula is C22H22N2O5S2. The van der Waals surface area contributed by atoms with E-state index in [0.717, 1.165) is 0 Å². The number of hydrogen-bond acceptors (Lipinski definition) is 5. The molecule has 0 aromatic heterocycles. The Kier molecular flexibility index (Phi) is 7.09. The normalized spacial score (nSPS) is 11.6. The summed E-state index contributed by atoms with van der Waals surface area (Å²) in [4.78, 5) is 12.5. The van der Waals surface area contributed by atoms with Gasteiger partial charge in [-0.15, -0.1) is 0 Å². The SMILES string of the molecule is O=C(NCCCS(=O)(=O)c1ccccc1)c1ccc(S(=O)(=O)Nc2ccccc2)cc1. The van der Waals surface area contributed by atoms with Gasteiger partial charge in [0.15, 0.2) is 9.84 Å². The lowest BCUT2D eigenvalue weighted by molar-refractivity contribution is 0.0953. The first-order valence-electron chi connectivity index (χ1n) is 9.52. The molecule has 0 atom stereocenters. The lowest BCUT2D eigenvalue weighted by atomic mass is 10.2. The van der Waals surface area contributed by atoms with E-state index in [2.05, 4.69) is 10.0 Å².